The molecule has 96 valence electrons. The maximum atomic E-state index is 4.41. The zero-order valence-corrected chi connectivity index (χ0v) is 11.6. The molecule has 0 spiro atoms. The van der Waals surface area contributed by atoms with Crippen LogP contribution in [0.5, 0.6) is 0 Å². The number of benzene rings is 1. The van der Waals surface area contributed by atoms with Crippen LogP contribution in [0.25, 0.3) is 0 Å². The molecule has 1 atom stereocenters. The summed E-state index contributed by atoms with van der Waals surface area (Å²) in [4.78, 5) is 0. The summed E-state index contributed by atoms with van der Waals surface area (Å²) in [5.74, 6) is 0. The minimum absolute atomic E-state index is 0.305. The van der Waals surface area contributed by atoms with Crippen molar-refractivity contribution >= 4 is 0 Å². The molecule has 0 fully saturated rings. The minimum atomic E-state index is 0.305. The molecule has 0 radical (unpaired) electrons. The van der Waals surface area contributed by atoms with Crippen molar-refractivity contribution in [3.63, 3.8) is 0 Å². The second kappa shape index (κ2) is 5.36. The lowest BCUT2D eigenvalue weighted by Crippen LogP contribution is -2.21. The Morgan fingerprint density at radius 2 is 1.89 bits per heavy atom. The van der Waals surface area contributed by atoms with Crippen molar-refractivity contribution in [3.8, 4) is 0 Å². The van der Waals surface area contributed by atoms with Gasteiger partial charge in [0.2, 0.25) is 0 Å². The van der Waals surface area contributed by atoms with Crippen LogP contribution in [-0.2, 0) is 13.5 Å². The summed E-state index contributed by atoms with van der Waals surface area (Å²) in [6.07, 6.45) is 0.982. The first-order valence-electron chi connectivity index (χ1n) is 6.33. The van der Waals surface area contributed by atoms with Gasteiger partial charge in [-0.3, -0.25) is 4.68 Å². The molecule has 0 bridgehead atoms. The van der Waals surface area contributed by atoms with E-state index in [-0.39, 0.29) is 0 Å². The third-order valence-corrected chi connectivity index (χ3v) is 3.30. The fourth-order valence-electron chi connectivity index (χ4n) is 2.27. The van der Waals surface area contributed by atoms with E-state index >= 15 is 0 Å². The maximum absolute atomic E-state index is 4.41. The lowest BCUT2D eigenvalue weighted by molar-refractivity contribution is 0.537. The van der Waals surface area contributed by atoms with Crippen LogP contribution in [0.1, 0.15) is 28.6 Å². The Bertz CT molecular complexity index is 511. The van der Waals surface area contributed by atoms with E-state index in [1.807, 2.05) is 25.7 Å². The van der Waals surface area contributed by atoms with Crippen molar-refractivity contribution in [3.05, 3.63) is 52.8 Å². The summed E-state index contributed by atoms with van der Waals surface area (Å²) in [7, 11) is 4.00. The van der Waals surface area contributed by atoms with Gasteiger partial charge in [-0.1, -0.05) is 29.8 Å². The fraction of sp³-hybridized carbons (Fsp3) is 0.400. The second-order valence-corrected chi connectivity index (χ2v) is 4.87. The molecule has 3 heteroatoms. The average Bonchev–Trinajstić information content (AvgIpc) is 2.68. The van der Waals surface area contributed by atoms with Gasteiger partial charge in [0.25, 0.3) is 0 Å². The second-order valence-electron chi connectivity index (χ2n) is 4.87. The third-order valence-electron chi connectivity index (χ3n) is 3.30. The molecule has 0 saturated heterocycles. The lowest BCUT2D eigenvalue weighted by Gasteiger charge is -2.16. The van der Waals surface area contributed by atoms with Gasteiger partial charge in [0.15, 0.2) is 0 Å². The van der Waals surface area contributed by atoms with E-state index in [2.05, 4.69) is 47.7 Å². The molecule has 1 heterocycles. The Morgan fingerprint density at radius 3 is 2.39 bits per heavy atom. The predicted molar refractivity (Wildman–Crippen MR) is 74.6 cm³/mol. The summed E-state index contributed by atoms with van der Waals surface area (Å²) >= 11 is 0. The summed E-state index contributed by atoms with van der Waals surface area (Å²) < 4.78 is 1.96. The van der Waals surface area contributed by atoms with Crippen LogP contribution in [-0.4, -0.2) is 16.8 Å². The number of rotatable bonds is 4. The molecule has 0 aliphatic rings. The number of likely N-dealkylation sites (N-methyl/N-ethyl adjacent to an activating group) is 1. The highest BCUT2D eigenvalue weighted by atomic mass is 15.3. The van der Waals surface area contributed by atoms with Gasteiger partial charge in [-0.25, -0.2) is 0 Å². The number of nitrogens with one attached hydrogen (secondary N) is 1. The van der Waals surface area contributed by atoms with Crippen LogP contribution in [0.3, 0.4) is 0 Å². The van der Waals surface area contributed by atoms with Crippen LogP contribution in [0.2, 0.25) is 0 Å². The highest BCUT2D eigenvalue weighted by Crippen LogP contribution is 2.18. The average molecular weight is 243 g/mol. The first-order valence-corrected chi connectivity index (χ1v) is 6.33. The van der Waals surface area contributed by atoms with Gasteiger partial charge in [-0.05, 0) is 38.9 Å². The molecule has 2 rings (SSSR count). The molecule has 1 N–H and O–H groups in total. The van der Waals surface area contributed by atoms with Crippen LogP contribution in [0.15, 0.2) is 30.3 Å². The molecule has 0 aliphatic carbocycles. The van der Waals surface area contributed by atoms with Crippen molar-refractivity contribution in [1.29, 1.82) is 0 Å². The Labute approximate surface area is 109 Å². The molecular formula is C15H21N3. The molecule has 18 heavy (non-hydrogen) atoms. The van der Waals surface area contributed by atoms with Gasteiger partial charge in [-0.15, -0.1) is 0 Å². The number of nitrogens with zero attached hydrogens (tertiary/aromatic N) is 2. The molecule has 3 nitrogen and oxygen atoms in total. The van der Waals surface area contributed by atoms with Gasteiger partial charge >= 0.3 is 0 Å². The molecule has 0 saturated carbocycles. The molecule has 0 amide bonds. The zero-order valence-electron chi connectivity index (χ0n) is 11.6. The summed E-state index contributed by atoms with van der Waals surface area (Å²) in [5, 5.41) is 7.79. The SMILES string of the molecule is CNC(Cc1ccc(C)cc1)c1cc(C)nn1C. The number of hydrogen-bond acceptors (Lipinski definition) is 2. The summed E-state index contributed by atoms with van der Waals surface area (Å²) in [6.45, 7) is 4.14. The van der Waals surface area contributed by atoms with E-state index in [1.54, 1.807) is 0 Å². The van der Waals surface area contributed by atoms with Gasteiger partial charge < -0.3 is 5.32 Å². The Balaban J connectivity index is 2.19. The van der Waals surface area contributed by atoms with Crippen molar-refractivity contribution < 1.29 is 0 Å². The number of aryl methyl sites for hydroxylation is 3. The Hall–Kier alpha value is -1.61. The Morgan fingerprint density at radius 1 is 1.22 bits per heavy atom. The molecule has 0 aliphatic heterocycles. The predicted octanol–water partition coefficient (Wildman–Crippen LogP) is 2.54. The molecule has 1 unspecified atom stereocenters. The van der Waals surface area contributed by atoms with Gasteiger partial charge in [-0.2, -0.15) is 5.10 Å². The van der Waals surface area contributed by atoms with Crippen molar-refractivity contribution in [2.45, 2.75) is 26.3 Å². The van der Waals surface area contributed by atoms with E-state index in [4.69, 9.17) is 0 Å². The van der Waals surface area contributed by atoms with Crippen LogP contribution in [0, 0.1) is 13.8 Å². The highest BCUT2D eigenvalue weighted by Gasteiger charge is 2.14. The summed E-state index contributed by atoms with van der Waals surface area (Å²) in [5.41, 5.74) is 4.95. The van der Waals surface area contributed by atoms with E-state index in [0.29, 0.717) is 6.04 Å². The van der Waals surface area contributed by atoms with Crippen molar-refractivity contribution in [2.24, 2.45) is 7.05 Å². The number of hydrogen-bond donors (Lipinski definition) is 1. The topological polar surface area (TPSA) is 29.9 Å². The monoisotopic (exact) mass is 243 g/mol. The highest BCUT2D eigenvalue weighted by molar-refractivity contribution is 5.24. The van der Waals surface area contributed by atoms with Crippen LogP contribution < -0.4 is 5.32 Å². The molecule has 1 aromatic heterocycles. The minimum Gasteiger partial charge on any atom is -0.311 e. The fourth-order valence-corrected chi connectivity index (χ4v) is 2.27. The van der Waals surface area contributed by atoms with E-state index in [9.17, 15) is 0 Å². The van der Waals surface area contributed by atoms with E-state index < -0.39 is 0 Å². The summed E-state index contributed by atoms with van der Waals surface area (Å²) in [6, 6.07) is 11.2. The molecule has 1 aromatic carbocycles. The van der Waals surface area contributed by atoms with Gasteiger partial charge in [0.05, 0.1) is 17.4 Å². The van der Waals surface area contributed by atoms with Gasteiger partial charge in [0, 0.05) is 7.05 Å². The van der Waals surface area contributed by atoms with Gasteiger partial charge in [0.1, 0.15) is 0 Å². The quantitative estimate of drug-likeness (QED) is 0.894. The van der Waals surface area contributed by atoms with E-state index in [1.165, 1.54) is 16.8 Å². The van der Waals surface area contributed by atoms with E-state index in [0.717, 1.165) is 12.1 Å². The molecular weight excluding hydrogens is 222 g/mol. The Kier molecular flexibility index (Phi) is 3.82. The van der Waals surface area contributed by atoms with Crippen LogP contribution in [0.4, 0.5) is 0 Å². The van der Waals surface area contributed by atoms with Crippen molar-refractivity contribution in [2.75, 3.05) is 7.05 Å². The number of aromatic nitrogens is 2. The van der Waals surface area contributed by atoms with Crippen LogP contribution >= 0.6 is 0 Å². The lowest BCUT2D eigenvalue weighted by atomic mass is 10.0. The largest absolute Gasteiger partial charge is 0.311 e. The standard InChI is InChI=1S/C15H21N3/c1-11-5-7-13(8-6-11)10-14(16-3)15-9-12(2)17-18(15)4/h5-9,14,16H,10H2,1-4H3. The van der Waals surface area contributed by atoms with Crippen molar-refractivity contribution in [1.82, 2.24) is 15.1 Å². The zero-order chi connectivity index (χ0) is 13.1. The smallest absolute Gasteiger partial charge is 0.0597 e. The maximum Gasteiger partial charge on any atom is 0.0597 e. The normalized spacial score (nSPS) is 12.7. The third kappa shape index (κ3) is 2.79. The molecule has 2 aromatic rings. The first kappa shape index (κ1) is 12.8. The first-order chi connectivity index (χ1) is 8.60.